The summed E-state index contributed by atoms with van der Waals surface area (Å²) in [6, 6.07) is 2.96. The lowest BCUT2D eigenvalue weighted by molar-refractivity contribution is 0.504. The van der Waals surface area contributed by atoms with Crippen LogP contribution in [0.25, 0.3) is 10.6 Å². The molecule has 0 aliphatic carbocycles. The Bertz CT molecular complexity index is 609. The molecule has 0 amide bonds. The molecule has 2 nitrogen and oxygen atoms in total. The topological polar surface area (TPSA) is 24.9 Å². The zero-order valence-corrected chi connectivity index (χ0v) is 12.3. The lowest BCUT2D eigenvalue weighted by atomic mass is 10.2. The molecule has 1 N–H and O–H groups in total. The van der Waals surface area contributed by atoms with E-state index in [-0.39, 0.29) is 10.5 Å². The predicted molar refractivity (Wildman–Crippen MR) is 75.1 cm³/mol. The van der Waals surface area contributed by atoms with E-state index >= 15 is 0 Å². The molecule has 1 fully saturated rings. The molecule has 1 atom stereocenters. The van der Waals surface area contributed by atoms with Gasteiger partial charge in [-0.25, -0.2) is 13.8 Å². The second kappa shape index (κ2) is 5.26. The van der Waals surface area contributed by atoms with Crippen LogP contribution in [-0.2, 0) is 0 Å². The van der Waals surface area contributed by atoms with Gasteiger partial charge in [-0.3, -0.25) is 0 Å². The largest absolute Gasteiger partial charge is 0.309 e. The van der Waals surface area contributed by atoms with Crippen molar-refractivity contribution in [2.45, 2.75) is 18.9 Å². The van der Waals surface area contributed by atoms with Crippen LogP contribution >= 0.6 is 27.3 Å². The first kappa shape index (κ1) is 13.1. The number of halogens is 3. The molecule has 19 heavy (non-hydrogen) atoms. The summed E-state index contributed by atoms with van der Waals surface area (Å²) in [5.41, 5.74) is 1.57. The molecule has 0 spiro atoms. The van der Waals surface area contributed by atoms with Crippen molar-refractivity contribution in [1.29, 1.82) is 0 Å². The third kappa shape index (κ3) is 2.44. The smallest absolute Gasteiger partial charge is 0.173 e. The van der Waals surface area contributed by atoms with Gasteiger partial charge in [-0.15, -0.1) is 11.3 Å². The van der Waals surface area contributed by atoms with Crippen molar-refractivity contribution in [3.05, 3.63) is 39.3 Å². The standard InChI is InChI=1S/C13H11BrF2N2S/c14-11-7(3-4-8(15)12(11)16)13-18-10(6-19-13)9-2-1-5-17-9/h3-4,6,9,17H,1-2,5H2. The molecule has 100 valence electrons. The molecule has 6 heteroatoms. The quantitative estimate of drug-likeness (QED) is 0.822. The van der Waals surface area contributed by atoms with E-state index in [1.54, 1.807) is 6.07 Å². The van der Waals surface area contributed by atoms with Crippen LogP contribution in [0, 0.1) is 11.6 Å². The van der Waals surface area contributed by atoms with Gasteiger partial charge in [-0.05, 0) is 47.4 Å². The molecular weight excluding hydrogens is 334 g/mol. The molecule has 0 radical (unpaired) electrons. The summed E-state index contributed by atoms with van der Waals surface area (Å²) in [7, 11) is 0. The predicted octanol–water partition coefficient (Wildman–Crippen LogP) is 4.28. The number of rotatable bonds is 2. The first-order valence-electron chi connectivity index (χ1n) is 5.99. The van der Waals surface area contributed by atoms with E-state index in [9.17, 15) is 8.78 Å². The summed E-state index contributed by atoms with van der Waals surface area (Å²) >= 11 is 4.54. The molecule has 0 bridgehead atoms. The van der Waals surface area contributed by atoms with Crippen molar-refractivity contribution in [2.75, 3.05) is 6.54 Å². The first-order valence-corrected chi connectivity index (χ1v) is 7.67. The van der Waals surface area contributed by atoms with Crippen LogP contribution in [0.3, 0.4) is 0 Å². The highest BCUT2D eigenvalue weighted by Crippen LogP contribution is 2.35. The van der Waals surface area contributed by atoms with E-state index in [4.69, 9.17) is 0 Å². The maximum atomic E-state index is 13.5. The second-order valence-electron chi connectivity index (χ2n) is 4.45. The fourth-order valence-electron chi connectivity index (χ4n) is 2.20. The van der Waals surface area contributed by atoms with Gasteiger partial charge in [0.2, 0.25) is 0 Å². The molecule has 3 rings (SSSR count). The van der Waals surface area contributed by atoms with Crippen molar-refractivity contribution in [3.8, 4) is 10.6 Å². The average molecular weight is 345 g/mol. The summed E-state index contributed by atoms with van der Waals surface area (Å²) in [6.07, 6.45) is 2.22. The third-order valence-electron chi connectivity index (χ3n) is 3.20. The fraction of sp³-hybridized carbons (Fsp3) is 0.308. The van der Waals surface area contributed by atoms with Gasteiger partial charge in [0.1, 0.15) is 5.01 Å². The molecule has 1 unspecified atom stereocenters. The Morgan fingerprint density at radius 3 is 2.95 bits per heavy atom. The van der Waals surface area contributed by atoms with Crippen molar-refractivity contribution in [2.24, 2.45) is 0 Å². The number of hydrogen-bond acceptors (Lipinski definition) is 3. The zero-order valence-electron chi connectivity index (χ0n) is 9.92. The molecule has 1 aliphatic rings. The van der Waals surface area contributed by atoms with Gasteiger partial charge in [-0.2, -0.15) is 0 Å². The fourth-order valence-corrected chi connectivity index (χ4v) is 3.74. The van der Waals surface area contributed by atoms with E-state index in [0.717, 1.165) is 31.1 Å². The number of aromatic nitrogens is 1. The summed E-state index contributed by atoms with van der Waals surface area (Å²) in [5, 5.41) is 6.05. The third-order valence-corrected chi connectivity index (χ3v) is 4.87. The monoisotopic (exact) mass is 344 g/mol. The van der Waals surface area contributed by atoms with E-state index in [2.05, 4.69) is 26.2 Å². The summed E-state index contributed by atoms with van der Waals surface area (Å²) < 4.78 is 26.8. The van der Waals surface area contributed by atoms with Crippen LogP contribution in [0.2, 0.25) is 0 Å². The summed E-state index contributed by atoms with van der Waals surface area (Å²) in [5.74, 6) is -1.72. The van der Waals surface area contributed by atoms with Crippen LogP contribution in [0.5, 0.6) is 0 Å². The van der Waals surface area contributed by atoms with Crippen LogP contribution in [0.1, 0.15) is 24.6 Å². The molecule has 2 aromatic rings. The van der Waals surface area contributed by atoms with Crippen molar-refractivity contribution in [1.82, 2.24) is 10.3 Å². The maximum Gasteiger partial charge on any atom is 0.173 e. The Morgan fingerprint density at radius 2 is 2.21 bits per heavy atom. The van der Waals surface area contributed by atoms with Crippen molar-refractivity contribution >= 4 is 27.3 Å². The molecule has 1 aliphatic heterocycles. The van der Waals surface area contributed by atoms with E-state index < -0.39 is 11.6 Å². The SMILES string of the molecule is Fc1ccc(-c2nc(C3CCCN3)cs2)c(Br)c1F. The minimum atomic E-state index is -0.867. The van der Waals surface area contributed by atoms with Crippen molar-refractivity contribution < 1.29 is 8.78 Å². The first-order chi connectivity index (χ1) is 9.16. The van der Waals surface area contributed by atoms with Crippen molar-refractivity contribution in [3.63, 3.8) is 0 Å². The minimum absolute atomic E-state index is 0.132. The summed E-state index contributed by atoms with van der Waals surface area (Å²) in [6.45, 7) is 1.01. The van der Waals surface area contributed by atoms with Gasteiger partial charge in [0.05, 0.1) is 16.2 Å². The zero-order chi connectivity index (χ0) is 13.4. The van der Waals surface area contributed by atoms with Crippen LogP contribution in [0.4, 0.5) is 8.78 Å². The van der Waals surface area contributed by atoms with E-state index in [1.807, 2.05) is 5.38 Å². The highest BCUT2D eigenvalue weighted by atomic mass is 79.9. The number of nitrogens with one attached hydrogen (secondary N) is 1. The van der Waals surface area contributed by atoms with E-state index in [0.29, 0.717) is 10.6 Å². The Labute approximate surface area is 122 Å². The Hall–Kier alpha value is -0.850. The molecule has 2 heterocycles. The lowest BCUT2D eigenvalue weighted by Gasteiger charge is -2.06. The van der Waals surface area contributed by atoms with Crippen LogP contribution in [0.15, 0.2) is 22.0 Å². The Morgan fingerprint density at radius 1 is 1.37 bits per heavy atom. The second-order valence-corrected chi connectivity index (χ2v) is 6.10. The highest BCUT2D eigenvalue weighted by Gasteiger charge is 2.21. The highest BCUT2D eigenvalue weighted by molar-refractivity contribution is 9.10. The van der Waals surface area contributed by atoms with Gasteiger partial charge in [0, 0.05) is 10.9 Å². The van der Waals surface area contributed by atoms with Gasteiger partial charge >= 0.3 is 0 Å². The van der Waals surface area contributed by atoms with Gasteiger partial charge in [-0.1, -0.05) is 0 Å². The van der Waals surface area contributed by atoms with Crippen LogP contribution < -0.4 is 5.32 Å². The van der Waals surface area contributed by atoms with Gasteiger partial charge in [0.25, 0.3) is 0 Å². The number of thiazole rings is 1. The number of hydrogen-bond donors (Lipinski definition) is 1. The molecule has 1 aromatic carbocycles. The van der Waals surface area contributed by atoms with Gasteiger partial charge < -0.3 is 5.32 Å². The lowest BCUT2D eigenvalue weighted by Crippen LogP contribution is -2.12. The van der Waals surface area contributed by atoms with Gasteiger partial charge in [0.15, 0.2) is 11.6 Å². The van der Waals surface area contributed by atoms with E-state index in [1.165, 1.54) is 11.3 Å². The number of nitrogens with zero attached hydrogens (tertiary/aromatic N) is 1. The average Bonchev–Trinajstić information content (AvgIpc) is 3.06. The normalized spacial score (nSPS) is 19.0. The number of benzene rings is 1. The molecule has 1 saturated heterocycles. The maximum absolute atomic E-state index is 13.5. The Balaban J connectivity index is 1.96. The van der Waals surface area contributed by atoms with Crippen LogP contribution in [-0.4, -0.2) is 11.5 Å². The molecule has 1 aromatic heterocycles. The molecule has 0 saturated carbocycles. The Kier molecular flexibility index (Phi) is 3.64. The minimum Gasteiger partial charge on any atom is -0.309 e. The molecular formula is C13H11BrF2N2S. The summed E-state index contributed by atoms with van der Waals surface area (Å²) in [4.78, 5) is 4.53.